The maximum Gasteiger partial charge on any atom is 0.321 e. The minimum atomic E-state index is 0.0449. The van der Waals surface area contributed by atoms with Crippen molar-refractivity contribution in [3.05, 3.63) is 29.3 Å². The predicted octanol–water partition coefficient (Wildman–Crippen LogP) is 3.40. The van der Waals surface area contributed by atoms with Crippen LogP contribution in [0.5, 0.6) is 0 Å². The number of carbonyl (C=O) groups is 1. The van der Waals surface area contributed by atoms with Crippen LogP contribution in [-0.2, 0) is 0 Å². The van der Waals surface area contributed by atoms with Gasteiger partial charge in [0.2, 0.25) is 0 Å². The highest BCUT2D eigenvalue weighted by molar-refractivity contribution is 5.91. The van der Waals surface area contributed by atoms with E-state index in [2.05, 4.69) is 10.2 Å². The number of hydrogen-bond donors (Lipinski definition) is 1. The van der Waals surface area contributed by atoms with E-state index in [1.165, 1.54) is 25.7 Å². The van der Waals surface area contributed by atoms with Crippen LogP contribution in [0.3, 0.4) is 0 Å². The van der Waals surface area contributed by atoms with Crippen molar-refractivity contribution < 1.29 is 4.79 Å². The summed E-state index contributed by atoms with van der Waals surface area (Å²) in [5.74, 6) is 0. The van der Waals surface area contributed by atoms with Gasteiger partial charge in [-0.3, -0.25) is 4.90 Å². The molecule has 1 aromatic rings. The SMILES string of the molecule is Cc1cccc(C)c1NC(=O)N1CCN(C2CCCC2)CC1. The van der Waals surface area contributed by atoms with Crippen LogP contribution in [-0.4, -0.2) is 48.1 Å². The predicted molar refractivity (Wildman–Crippen MR) is 90.3 cm³/mol. The second kappa shape index (κ2) is 6.69. The Morgan fingerprint density at radius 1 is 1.05 bits per heavy atom. The average Bonchev–Trinajstić information content (AvgIpc) is 3.05. The topological polar surface area (TPSA) is 35.6 Å². The van der Waals surface area contributed by atoms with Crippen LogP contribution in [0.15, 0.2) is 18.2 Å². The van der Waals surface area contributed by atoms with Gasteiger partial charge in [0.15, 0.2) is 0 Å². The molecule has 4 nitrogen and oxygen atoms in total. The second-order valence-electron chi connectivity index (χ2n) is 6.66. The molecular weight excluding hydrogens is 274 g/mol. The summed E-state index contributed by atoms with van der Waals surface area (Å²) in [6.45, 7) is 7.80. The zero-order chi connectivity index (χ0) is 15.5. The Bertz CT molecular complexity index is 509. The van der Waals surface area contributed by atoms with Crippen LogP contribution in [0, 0.1) is 13.8 Å². The number of urea groups is 1. The van der Waals surface area contributed by atoms with Gasteiger partial charge in [-0.15, -0.1) is 0 Å². The molecule has 1 aliphatic heterocycles. The lowest BCUT2D eigenvalue weighted by molar-refractivity contribution is 0.115. The zero-order valence-corrected chi connectivity index (χ0v) is 13.8. The van der Waals surface area contributed by atoms with Gasteiger partial charge < -0.3 is 10.2 Å². The summed E-state index contributed by atoms with van der Waals surface area (Å²) in [5.41, 5.74) is 3.21. The van der Waals surface area contributed by atoms with E-state index in [-0.39, 0.29) is 6.03 Å². The number of rotatable bonds is 2. The molecule has 3 rings (SSSR count). The maximum absolute atomic E-state index is 12.5. The number of aryl methyl sites for hydroxylation is 2. The third-order valence-electron chi connectivity index (χ3n) is 5.16. The molecule has 1 heterocycles. The van der Waals surface area contributed by atoms with E-state index < -0.39 is 0 Å². The maximum atomic E-state index is 12.5. The van der Waals surface area contributed by atoms with E-state index in [1.54, 1.807) is 0 Å². The summed E-state index contributed by atoms with van der Waals surface area (Å²) in [6, 6.07) is 6.93. The number of benzene rings is 1. The number of amides is 2. The summed E-state index contributed by atoms with van der Waals surface area (Å²) in [4.78, 5) is 17.0. The zero-order valence-electron chi connectivity index (χ0n) is 13.8. The number of piperazine rings is 1. The fraction of sp³-hybridized carbons (Fsp3) is 0.611. The largest absolute Gasteiger partial charge is 0.322 e. The normalized spacial score (nSPS) is 20.4. The lowest BCUT2D eigenvalue weighted by atomic mass is 10.1. The summed E-state index contributed by atoms with van der Waals surface area (Å²) < 4.78 is 0. The van der Waals surface area contributed by atoms with Crippen molar-refractivity contribution in [2.75, 3.05) is 31.5 Å². The van der Waals surface area contributed by atoms with Gasteiger partial charge in [0, 0.05) is 37.9 Å². The van der Waals surface area contributed by atoms with E-state index in [1.807, 2.05) is 36.9 Å². The Hall–Kier alpha value is -1.55. The van der Waals surface area contributed by atoms with Gasteiger partial charge in [0.25, 0.3) is 0 Å². The first-order valence-electron chi connectivity index (χ1n) is 8.51. The Morgan fingerprint density at radius 2 is 1.64 bits per heavy atom. The van der Waals surface area contributed by atoms with Crippen molar-refractivity contribution in [1.82, 2.24) is 9.80 Å². The second-order valence-corrected chi connectivity index (χ2v) is 6.66. The number of nitrogens with one attached hydrogen (secondary N) is 1. The first-order valence-corrected chi connectivity index (χ1v) is 8.51. The first kappa shape index (κ1) is 15.3. The Labute approximate surface area is 133 Å². The molecule has 1 saturated heterocycles. The van der Waals surface area contributed by atoms with Crippen LogP contribution in [0.25, 0.3) is 0 Å². The van der Waals surface area contributed by atoms with E-state index in [0.717, 1.165) is 49.0 Å². The minimum Gasteiger partial charge on any atom is -0.322 e. The lowest BCUT2D eigenvalue weighted by Crippen LogP contribution is -2.52. The Balaban J connectivity index is 1.55. The van der Waals surface area contributed by atoms with E-state index in [9.17, 15) is 4.79 Å². The Morgan fingerprint density at radius 3 is 2.23 bits per heavy atom. The van der Waals surface area contributed by atoms with E-state index >= 15 is 0 Å². The number of anilines is 1. The number of para-hydroxylation sites is 1. The number of carbonyl (C=O) groups excluding carboxylic acids is 1. The molecule has 0 atom stereocenters. The molecule has 0 radical (unpaired) electrons. The first-order chi connectivity index (χ1) is 10.6. The Kier molecular flexibility index (Phi) is 4.67. The molecule has 0 spiro atoms. The summed E-state index contributed by atoms with van der Waals surface area (Å²) in [5, 5.41) is 3.10. The van der Waals surface area contributed by atoms with Crippen molar-refractivity contribution in [2.45, 2.75) is 45.6 Å². The quantitative estimate of drug-likeness (QED) is 0.909. The molecule has 1 aliphatic carbocycles. The minimum absolute atomic E-state index is 0.0449. The van der Waals surface area contributed by atoms with Gasteiger partial charge in [-0.25, -0.2) is 4.79 Å². The summed E-state index contributed by atoms with van der Waals surface area (Å²) in [7, 11) is 0. The van der Waals surface area contributed by atoms with Crippen molar-refractivity contribution in [1.29, 1.82) is 0 Å². The molecule has 2 aliphatic rings. The van der Waals surface area contributed by atoms with Crippen LogP contribution in [0.1, 0.15) is 36.8 Å². The fourth-order valence-electron chi connectivity index (χ4n) is 3.76. The standard InChI is InChI=1S/C18H27N3O/c1-14-6-5-7-15(2)17(14)19-18(22)21-12-10-20(11-13-21)16-8-3-4-9-16/h5-7,16H,3-4,8-13H2,1-2H3,(H,19,22). The molecule has 2 amide bonds. The van der Waals surface area contributed by atoms with Crippen molar-refractivity contribution in [3.63, 3.8) is 0 Å². The van der Waals surface area contributed by atoms with Gasteiger partial charge in [-0.05, 0) is 37.8 Å². The highest BCUT2D eigenvalue weighted by Crippen LogP contribution is 2.25. The van der Waals surface area contributed by atoms with Crippen molar-refractivity contribution in [2.24, 2.45) is 0 Å². The van der Waals surface area contributed by atoms with Gasteiger partial charge in [0.05, 0.1) is 0 Å². The molecule has 0 aromatic heterocycles. The van der Waals surface area contributed by atoms with Crippen LogP contribution in [0.4, 0.5) is 10.5 Å². The molecule has 1 N–H and O–H groups in total. The average molecular weight is 301 g/mol. The molecular formula is C18H27N3O. The van der Waals surface area contributed by atoms with Crippen molar-refractivity contribution >= 4 is 11.7 Å². The van der Waals surface area contributed by atoms with Crippen LogP contribution < -0.4 is 5.32 Å². The lowest BCUT2D eigenvalue weighted by Gasteiger charge is -2.38. The fourth-order valence-corrected chi connectivity index (χ4v) is 3.76. The number of nitrogens with zero attached hydrogens (tertiary/aromatic N) is 2. The molecule has 120 valence electrons. The molecule has 22 heavy (non-hydrogen) atoms. The molecule has 1 aromatic carbocycles. The third kappa shape index (κ3) is 3.27. The highest BCUT2D eigenvalue weighted by Gasteiger charge is 2.28. The molecule has 1 saturated carbocycles. The smallest absolute Gasteiger partial charge is 0.321 e. The molecule has 0 bridgehead atoms. The van der Waals surface area contributed by atoms with E-state index in [0.29, 0.717) is 0 Å². The van der Waals surface area contributed by atoms with Gasteiger partial charge in [-0.1, -0.05) is 31.0 Å². The third-order valence-corrected chi connectivity index (χ3v) is 5.16. The summed E-state index contributed by atoms with van der Waals surface area (Å²) >= 11 is 0. The van der Waals surface area contributed by atoms with Crippen LogP contribution >= 0.6 is 0 Å². The van der Waals surface area contributed by atoms with Gasteiger partial charge in [-0.2, -0.15) is 0 Å². The van der Waals surface area contributed by atoms with Gasteiger partial charge >= 0.3 is 6.03 Å². The van der Waals surface area contributed by atoms with Crippen molar-refractivity contribution in [3.8, 4) is 0 Å². The van der Waals surface area contributed by atoms with E-state index in [4.69, 9.17) is 0 Å². The van der Waals surface area contributed by atoms with Crippen LogP contribution in [0.2, 0.25) is 0 Å². The summed E-state index contributed by atoms with van der Waals surface area (Å²) in [6.07, 6.45) is 5.43. The molecule has 2 fully saturated rings. The highest BCUT2D eigenvalue weighted by atomic mass is 16.2. The number of hydrogen-bond acceptors (Lipinski definition) is 2. The molecule has 4 heteroatoms. The van der Waals surface area contributed by atoms with Gasteiger partial charge in [0.1, 0.15) is 0 Å². The molecule has 0 unspecified atom stereocenters. The monoisotopic (exact) mass is 301 g/mol.